The molecule has 7 nitrogen and oxygen atoms in total. The number of nitrogens with two attached hydrogens (primary N) is 1. The number of ether oxygens (including phenoxy) is 1. The number of rotatable bonds is 5. The summed E-state index contributed by atoms with van der Waals surface area (Å²) in [6, 6.07) is 5.35. The maximum atomic E-state index is 11.2. The van der Waals surface area contributed by atoms with Crippen molar-refractivity contribution in [2.75, 3.05) is 24.9 Å². The van der Waals surface area contributed by atoms with Crippen molar-refractivity contribution in [3.63, 3.8) is 0 Å². The highest BCUT2D eigenvalue weighted by Gasteiger charge is 2.16. The van der Waals surface area contributed by atoms with Crippen molar-refractivity contribution in [2.24, 2.45) is 0 Å². The summed E-state index contributed by atoms with van der Waals surface area (Å²) in [5.41, 5.74) is 7.15. The Hall–Kier alpha value is -1.96. The van der Waals surface area contributed by atoms with E-state index in [4.69, 9.17) is 10.5 Å². The smallest absolute Gasteiger partial charge is 0.187 e. The average Bonchev–Trinajstić information content (AvgIpc) is 2.83. The van der Waals surface area contributed by atoms with E-state index in [2.05, 4.69) is 15.5 Å². The summed E-state index contributed by atoms with van der Waals surface area (Å²) in [5, 5.41) is 11.5. The molecule has 0 saturated carbocycles. The summed E-state index contributed by atoms with van der Waals surface area (Å²) < 4.78 is 18.0. The summed E-state index contributed by atoms with van der Waals surface area (Å²) >= 11 is 0. The molecule has 1 unspecified atom stereocenters. The van der Waals surface area contributed by atoms with Gasteiger partial charge >= 0.3 is 0 Å². The Morgan fingerprint density at radius 1 is 1.47 bits per heavy atom. The molecule has 2 rings (SSSR count). The van der Waals surface area contributed by atoms with Crippen LogP contribution in [-0.4, -0.2) is 43.5 Å². The van der Waals surface area contributed by atoms with E-state index in [0.29, 0.717) is 35.1 Å². The third-order valence-electron chi connectivity index (χ3n) is 2.62. The average molecular weight is 281 g/mol. The molecule has 8 heteroatoms. The van der Waals surface area contributed by atoms with E-state index in [9.17, 15) is 4.21 Å². The number of nitrogens with zero attached hydrogens (tertiary/aromatic N) is 4. The highest BCUT2D eigenvalue weighted by atomic mass is 32.2. The van der Waals surface area contributed by atoms with Gasteiger partial charge in [-0.15, -0.1) is 5.10 Å². The summed E-state index contributed by atoms with van der Waals surface area (Å²) in [5.74, 6) is 1.60. The largest absolute Gasteiger partial charge is 0.496 e. The fraction of sp³-hybridized carbons (Fsp3) is 0.364. The Bertz CT molecular complexity index is 599. The van der Waals surface area contributed by atoms with Gasteiger partial charge in [-0.2, -0.15) is 0 Å². The number of hydrogen-bond acceptors (Lipinski definition) is 6. The quantitative estimate of drug-likeness (QED) is 0.792. The predicted octanol–water partition coefficient (Wildman–Crippen LogP) is 0.309. The molecule has 2 N–H and O–H groups in total. The first kappa shape index (κ1) is 13.5. The van der Waals surface area contributed by atoms with Crippen LogP contribution in [0.2, 0.25) is 0 Å². The lowest BCUT2D eigenvalue weighted by atomic mass is 10.1. The van der Waals surface area contributed by atoms with Crippen LogP contribution in [0, 0.1) is 0 Å². The van der Waals surface area contributed by atoms with E-state index in [-0.39, 0.29) is 0 Å². The molecule has 102 valence electrons. The van der Waals surface area contributed by atoms with Crippen LogP contribution in [0.3, 0.4) is 0 Å². The number of anilines is 1. The monoisotopic (exact) mass is 281 g/mol. The molecule has 0 amide bonds. The van der Waals surface area contributed by atoms with Gasteiger partial charge in [-0.3, -0.25) is 4.21 Å². The standard InChI is InChI=1S/C11H15N5O2S/c1-18-9-5-3-4-8(12)10(9)11-13-14-15-16(11)6-7-19(2)17/h3-5H,6-7,12H2,1-2H3. The first-order chi connectivity index (χ1) is 9.13. The van der Waals surface area contributed by atoms with Crippen molar-refractivity contribution in [1.82, 2.24) is 20.2 Å². The molecule has 1 aromatic heterocycles. The van der Waals surface area contributed by atoms with Crippen LogP contribution in [0.1, 0.15) is 0 Å². The Balaban J connectivity index is 2.42. The molecule has 0 aliphatic heterocycles. The van der Waals surface area contributed by atoms with Gasteiger partial charge in [-0.05, 0) is 22.6 Å². The Morgan fingerprint density at radius 2 is 2.26 bits per heavy atom. The lowest BCUT2D eigenvalue weighted by molar-refractivity contribution is 0.416. The van der Waals surface area contributed by atoms with Gasteiger partial charge < -0.3 is 10.5 Å². The van der Waals surface area contributed by atoms with Crippen molar-refractivity contribution >= 4 is 16.5 Å². The van der Waals surface area contributed by atoms with Gasteiger partial charge in [-0.1, -0.05) is 6.07 Å². The first-order valence-electron chi connectivity index (χ1n) is 5.62. The molecular weight excluding hydrogens is 266 g/mol. The van der Waals surface area contributed by atoms with Gasteiger partial charge in [0.25, 0.3) is 0 Å². The fourth-order valence-corrected chi connectivity index (χ4v) is 2.14. The summed E-state index contributed by atoms with van der Waals surface area (Å²) in [6.45, 7) is 0.461. The third-order valence-corrected chi connectivity index (χ3v) is 3.38. The zero-order chi connectivity index (χ0) is 13.8. The van der Waals surface area contributed by atoms with Gasteiger partial charge in [0.2, 0.25) is 0 Å². The minimum atomic E-state index is -0.906. The number of hydrogen-bond donors (Lipinski definition) is 1. The van der Waals surface area contributed by atoms with Crippen LogP contribution in [0.25, 0.3) is 11.4 Å². The van der Waals surface area contributed by atoms with Crippen LogP contribution in [0.15, 0.2) is 18.2 Å². The predicted molar refractivity (Wildman–Crippen MR) is 73.2 cm³/mol. The molecule has 0 aliphatic rings. The van der Waals surface area contributed by atoms with E-state index in [0.717, 1.165) is 0 Å². The lowest BCUT2D eigenvalue weighted by Crippen LogP contribution is -2.10. The maximum absolute atomic E-state index is 11.2. The highest BCUT2D eigenvalue weighted by molar-refractivity contribution is 7.84. The second-order valence-electron chi connectivity index (χ2n) is 3.93. The Labute approximate surface area is 113 Å². The fourth-order valence-electron chi connectivity index (χ4n) is 1.71. The highest BCUT2D eigenvalue weighted by Crippen LogP contribution is 2.33. The Kier molecular flexibility index (Phi) is 4.10. The lowest BCUT2D eigenvalue weighted by Gasteiger charge is -2.10. The van der Waals surface area contributed by atoms with Crippen molar-refractivity contribution in [1.29, 1.82) is 0 Å². The Morgan fingerprint density at radius 3 is 2.95 bits per heavy atom. The summed E-state index contributed by atoms with van der Waals surface area (Å²) in [6.07, 6.45) is 1.64. The zero-order valence-corrected chi connectivity index (χ0v) is 11.6. The third kappa shape index (κ3) is 2.90. The molecule has 0 bridgehead atoms. The molecule has 0 radical (unpaired) electrons. The molecule has 19 heavy (non-hydrogen) atoms. The van der Waals surface area contributed by atoms with Gasteiger partial charge in [0.15, 0.2) is 5.82 Å². The number of methoxy groups -OCH3 is 1. The van der Waals surface area contributed by atoms with E-state index in [1.165, 1.54) is 0 Å². The van der Waals surface area contributed by atoms with Crippen molar-refractivity contribution in [3.8, 4) is 17.1 Å². The molecule has 0 spiro atoms. The van der Waals surface area contributed by atoms with Crippen LogP contribution in [0.5, 0.6) is 5.75 Å². The SMILES string of the molecule is COc1cccc(N)c1-c1nnnn1CCS(C)=O. The second-order valence-corrected chi connectivity index (χ2v) is 5.48. The summed E-state index contributed by atoms with van der Waals surface area (Å²) in [7, 11) is 0.657. The minimum Gasteiger partial charge on any atom is -0.496 e. The van der Waals surface area contributed by atoms with Crippen LogP contribution >= 0.6 is 0 Å². The van der Waals surface area contributed by atoms with E-state index >= 15 is 0 Å². The van der Waals surface area contributed by atoms with Crippen LogP contribution in [-0.2, 0) is 17.3 Å². The molecule has 1 aromatic carbocycles. The number of tetrazole rings is 1. The number of nitrogen functional groups attached to an aromatic ring is 1. The number of aromatic nitrogens is 4. The van der Waals surface area contributed by atoms with E-state index in [1.807, 2.05) is 0 Å². The first-order valence-corrected chi connectivity index (χ1v) is 7.35. The maximum Gasteiger partial charge on any atom is 0.187 e. The molecule has 1 atom stereocenters. The number of aryl methyl sites for hydroxylation is 1. The molecular formula is C11H15N5O2S. The minimum absolute atomic E-state index is 0.461. The van der Waals surface area contributed by atoms with Crippen molar-refractivity contribution in [2.45, 2.75) is 6.54 Å². The molecule has 1 heterocycles. The normalized spacial score (nSPS) is 12.3. The topological polar surface area (TPSA) is 95.9 Å². The van der Waals surface area contributed by atoms with Crippen LogP contribution < -0.4 is 10.5 Å². The van der Waals surface area contributed by atoms with Gasteiger partial charge in [0.05, 0.1) is 19.2 Å². The second kappa shape index (κ2) is 5.79. The molecule has 0 aliphatic carbocycles. The van der Waals surface area contributed by atoms with Gasteiger partial charge in [0.1, 0.15) is 5.75 Å². The molecule has 2 aromatic rings. The molecule has 0 fully saturated rings. The number of benzene rings is 1. The summed E-state index contributed by atoms with van der Waals surface area (Å²) in [4.78, 5) is 0. The van der Waals surface area contributed by atoms with Crippen molar-refractivity contribution in [3.05, 3.63) is 18.2 Å². The van der Waals surface area contributed by atoms with Gasteiger partial charge in [-0.25, -0.2) is 4.68 Å². The van der Waals surface area contributed by atoms with E-state index in [1.54, 1.807) is 36.2 Å². The van der Waals surface area contributed by atoms with Crippen molar-refractivity contribution < 1.29 is 8.95 Å². The van der Waals surface area contributed by atoms with E-state index < -0.39 is 10.8 Å². The zero-order valence-electron chi connectivity index (χ0n) is 10.7. The molecule has 0 saturated heterocycles. The van der Waals surface area contributed by atoms with Gasteiger partial charge in [0, 0.05) is 28.5 Å². The van der Waals surface area contributed by atoms with Crippen LogP contribution in [0.4, 0.5) is 5.69 Å².